The van der Waals surface area contributed by atoms with E-state index in [1.165, 1.54) is 16.8 Å². The van der Waals surface area contributed by atoms with E-state index in [0.717, 1.165) is 55.5 Å². The second-order valence-corrected chi connectivity index (χ2v) is 9.88. The summed E-state index contributed by atoms with van der Waals surface area (Å²) in [6.07, 6.45) is 4.22. The lowest BCUT2D eigenvalue weighted by molar-refractivity contribution is 0.102. The third kappa shape index (κ3) is 4.69. The Hall–Kier alpha value is -3.77. The van der Waals surface area contributed by atoms with Crippen LogP contribution in [0.3, 0.4) is 0 Å². The zero-order chi connectivity index (χ0) is 25.4. The molecule has 188 valence electrons. The molecule has 7 heteroatoms. The molecule has 3 heterocycles. The maximum Gasteiger partial charge on any atom is 0.261 e. The van der Waals surface area contributed by atoms with Gasteiger partial charge in [0.25, 0.3) is 5.91 Å². The Labute approximate surface area is 220 Å². The van der Waals surface area contributed by atoms with Crippen LogP contribution in [0.5, 0.6) is 5.75 Å². The monoisotopic (exact) mass is 513 g/mol. The van der Waals surface area contributed by atoms with Gasteiger partial charge in [-0.1, -0.05) is 17.7 Å². The molecule has 0 bridgehead atoms. The second-order valence-electron chi connectivity index (χ2n) is 9.44. The molecule has 2 aliphatic heterocycles. The van der Waals surface area contributed by atoms with Crippen molar-refractivity contribution in [2.45, 2.75) is 32.6 Å². The first-order chi connectivity index (χ1) is 18.1. The molecule has 0 fully saturated rings. The fraction of sp³-hybridized carbons (Fsp3) is 0.267. The van der Waals surface area contributed by atoms with Crippen LogP contribution in [-0.4, -0.2) is 25.6 Å². The van der Waals surface area contributed by atoms with Gasteiger partial charge in [0, 0.05) is 40.4 Å². The molecule has 0 atom stereocenters. The average Bonchev–Trinajstić information content (AvgIpc) is 2.90. The largest absolute Gasteiger partial charge is 0.494 e. The smallest absolute Gasteiger partial charge is 0.261 e. The lowest BCUT2D eigenvalue weighted by atomic mass is 9.90. The van der Waals surface area contributed by atoms with Crippen LogP contribution >= 0.6 is 11.6 Å². The number of carbonyl (C=O) groups excluding carboxylic acids is 1. The zero-order valence-electron chi connectivity index (χ0n) is 20.7. The number of hydrogen-bond acceptors (Lipinski definition) is 5. The molecule has 4 aromatic rings. The van der Waals surface area contributed by atoms with Gasteiger partial charge in [0.15, 0.2) is 0 Å². The molecule has 6 rings (SSSR count). The van der Waals surface area contributed by atoms with Gasteiger partial charge >= 0.3 is 0 Å². The van der Waals surface area contributed by atoms with Gasteiger partial charge < -0.3 is 19.4 Å². The number of ether oxygens (including phenoxy) is 1. The number of rotatable bonds is 5. The van der Waals surface area contributed by atoms with Gasteiger partial charge in [-0.15, -0.1) is 0 Å². The van der Waals surface area contributed by atoms with Crippen molar-refractivity contribution in [3.05, 3.63) is 87.9 Å². The number of anilines is 2. The fourth-order valence-corrected chi connectivity index (χ4v) is 5.55. The normalized spacial score (nSPS) is 15.0. The van der Waals surface area contributed by atoms with Gasteiger partial charge in [0.1, 0.15) is 16.9 Å². The van der Waals surface area contributed by atoms with E-state index in [4.69, 9.17) is 25.7 Å². The first-order valence-corrected chi connectivity index (χ1v) is 13.2. The molecule has 0 saturated heterocycles. The highest BCUT2D eigenvalue weighted by Gasteiger charge is 2.27. The first kappa shape index (κ1) is 23.6. The summed E-state index contributed by atoms with van der Waals surface area (Å²) in [5.41, 5.74) is 6.63. The Kier molecular flexibility index (Phi) is 6.35. The highest BCUT2D eigenvalue weighted by atomic mass is 35.5. The summed E-state index contributed by atoms with van der Waals surface area (Å²) in [6, 6.07) is 18.7. The number of fused-ring (bicyclic) bond motifs is 2. The van der Waals surface area contributed by atoms with E-state index < -0.39 is 0 Å². The molecule has 2 aliphatic rings. The third-order valence-electron chi connectivity index (χ3n) is 6.94. The predicted octanol–water partition coefficient (Wildman–Crippen LogP) is 6.67. The maximum absolute atomic E-state index is 13.5. The summed E-state index contributed by atoms with van der Waals surface area (Å²) < 4.78 is 12.1. The molecule has 0 radical (unpaired) electrons. The van der Waals surface area contributed by atoms with E-state index in [-0.39, 0.29) is 11.5 Å². The van der Waals surface area contributed by atoms with Crippen molar-refractivity contribution in [2.75, 3.05) is 29.9 Å². The lowest BCUT2D eigenvalue weighted by Crippen LogP contribution is -2.34. The number of carbonyl (C=O) groups is 1. The zero-order valence-corrected chi connectivity index (χ0v) is 21.5. The van der Waals surface area contributed by atoms with E-state index in [1.807, 2.05) is 37.3 Å². The van der Waals surface area contributed by atoms with Crippen LogP contribution in [-0.2, 0) is 12.8 Å². The summed E-state index contributed by atoms with van der Waals surface area (Å²) in [4.78, 5) is 20.8. The number of hydrogen-bond donors (Lipinski definition) is 1. The molecule has 1 amide bonds. The summed E-state index contributed by atoms with van der Waals surface area (Å²) in [5.74, 6) is 0.470. The van der Waals surface area contributed by atoms with E-state index in [2.05, 4.69) is 16.3 Å². The summed E-state index contributed by atoms with van der Waals surface area (Å²) >= 11 is 6.14. The van der Waals surface area contributed by atoms with E-state index >= 15 is 0 Å². The lowest BCUT2D eigenvalue weighted by Gasteiger charge is -2.37. The van der Waals surface area contributed by atoms with Crippen molar-refractivity contribution in [3.8, 4) is 5.75 Å². The highest BCUT2D eigenvalue weighted by molar-refractivity contribution is 6.31. The minimum atomic E-state index is -0.300. The second kappa shape index (κ2) is 9.94. The summed E-state index contributed by atoms with van der Waals surface area (Å²) in [6.45, 7) is 4.70. The van der Waals surface area contributed by atoms with E-state index in [1.54, 1.807) is 24.3 Å². The molecular formula is C30H28ClN3O3. The van der Waals surface area contributed by atoms with Crippen LogP contribution in [0.15, 0.2) is 70.1 Å². The van der Waals surface area contributed by atoms with Crippen molar-refractivity contribution in [1.29, 1.82) is 0 Å². The van der Waals surface area contributed by atoms with Gasteiger partial charge in [-0.25, -0.2) is 4.99 Å². The van der Waals surface area contributed by atoms with Crippen LogP contribution in [0.1, 0.15) is 41.3 Å². The molecule has 0 aliphatic carbocycles. The van der Waals surface area contributed by atoms with E-state index in [0.29, 0.717) is 28.6 Å². The minimum absolute atomic E-state index is 0.278. The van der Waals surface area contributed by atoms with Gasteiger partial charge in [0.05, 0.1) is 12.3 Å². The van der Waals surface area contributed by atoms with Crippen LogP contribution < -0.4 is 20.5 Å². The number of benzene rings is 3. The van der Waals surface area contributed by atoms with Crippen molar-refractivity contribution in [3.63, 3.8) is 0 Å². The van der Waals surface area contributed by atoms with Crippen LogP contribution in [0.4, 0.5) is 17.1 Å². The Morgan fingerprint density at radius 1 is 1.08 bits per heavy atom. The molecule has 0 unspecified atom stereocenters. The summed E-state index contributed by atoms with van der Waals surface area (Å²) in [7, 11) is 0. The Morgan fingerprint density at radius 2 is 1.89 bits per heavy atom. The number of nitrogens with one attached hydrogen (secondary N) is 1. The van der Waals surface area contributed by atoms with Crippen LogP contribution in [0.2, 0.25) is 5.02 Å². The standard InChI is InChI=1S/C30H28ClN3O3/c1-2-36-24-12-10-22(11-13-24)33-30-26(29(35)32-23-8-3-7-21(31)18-23)17-20-16-19-6-4-14-34-15-5-9-25(27(19)34)28(20)37-30/h3,7-8,10-13,16-18H,2,4-6,9,14-15H2,1H3,(H,32,35). The highest BCUT2D eigenvalue weighted by Crippen LogP contribution is 2.39. The molecular weight excluding hydrogens is 486 g/mol. The van der Waals surface area contributed by atoms with Gasteiger partial charge in [-0.3, -0.25) is 4.79 Å². The first-order valence-electron chi connectivity index (χ1n) is 12.8. The Bertz CT molecular complexity index is 1560. The maximum atomic E-state index is 13.5. The van der Waals surface area contributed by atoms with Gasteiger partial charge in [0.2, 0.25) is 5.55 Å². The molecule has 0 saturated carbocycles. The number of aryl methyl sites for hydroxylation is 2. The van der Waals surface area contributed by atoms with Gasteiger partial charge in [-0.05, 0) is 92.8 Å². The molecule has 0 spiro atoms. The minimum Gasteiger partial charge on any atom is -0.494 e. The fourth-order valence-electron chi connectivity index (χ4n) is 5.36. The van der Waals surface area contributed by atoms with Gasteiger partial charge in [-0.2, -0.15) is 0 Å². The van der Waals surface area contributed by atoms with Crippen LogP contribution in [0, 0.1) is 0 Å². The van der Waals surface area contributed by atoms with Crippen molar-refractivity contribution >= 4 is 45.5 Å². The van der Waals surface area contributed by atoms with Crippen molar-refractivity contribution in [2.24, 2.45) is 4.99 Å². The SMILES string of the molecule is CCOc1ccc(N=c2oc3c4c5c(cc3cc2C(=O)Nc2cccc(Cl)c2)CCCN5CCC4)cc1. The predicted molar refractivity (Wildman–Crippen MR) is 147 cm³/mol. The van der Waals surface area contributed by atoms with Crippen LogP contribution in [0.25, 0.3) is 11.0 Å². The van der Waals surface area contributed by atoms with Crippen molar-refractivity contribution in [1.82, 2.24) is 0 Å². The average molecular weight is 514 g/mol. The van der Waals surface area contributed by atoms with E-state index in [9.17, 15) is 4.79 Å². The third-order valence-corrected chi connectivity index (χ3v) is 7.17. The summed E-state index contributed by atoms with van der Waals surface area (Å²) in [5, 5.41) is 4.43. The number of nitrogens with zero attached hydrogens (tertiary/aromatic N) is 2. The molecule has 6 nitrogen and oxygen atoms in total. The Balaban J connectivity index is 1.52. The topological polar surface area (TPSA) is 67.1 Å². The quantitative estimate of drug-likeness (QED) is 0.323. The molecule has 1 aromatic heterocycles. The molecule has 37 heavy (non-hydrogen) atoms. The molecule has 3 aromatic carbocycles. The van der Waals surface area contributed by atoms with Crippen molar-refractivity contribution < 1.29 is 13.9 Å². The molecule has 1 N–H and O–H groups in total. The number of amides is 1. The number of halogens is 1. The Morgan fingerprint density at radius 3 is 2.68 bits per heavy atom.